The molecule has 1 fully saturated rings. The first-order valence-corrected chi connectivity index (χ1v) is 5.14. The van der Waals surface area contributed by atoms with Crippen LogP contribution < -0.4 is 11.1 Å². The van der Waals surface area contributed by atoms with Crippen LogP contribution in [0.2, 0.25) is 0 Å². The van der Waals surface area contributed by atoms with Crippen LogP contribution in [0.4, 0.5) is 5.82 Å². The molecule has 0 aromatic carbocycles. The maximum atomic E-state index is 5.78. The Bertz CT molecular complexity index is 484. The average Bonchev–Trinajstić information content (AvgIpc) is 2.86. The highest BCUT2D eigenvalue weighted by molar-refractivity contribution is 5.86. The van der Waals surface area contributed by atoms with Gasteiger partial charge in [-0.1, -0.05) is 0 Å². The van der Waals surface area contributed by atoms with Gasteiger partial charge in [-0.05, 0) is 19.0 Å². The lowest BCUT2D eigenvalue weighted by atomic mass is 10.1. The van der Waals surface area contributed by atoms with Gasteiger partial charge in [-0.15, -0.1) is 0 Å². The van der Waals surface area contributed by atoms with E-state index in [9.17, 15) is 0 Å². The molecule has 0 spiro atoms. The van der Waals surface area contributed by atoms with Crippen molar-refractivity contribution in [3.05, 3.63) is 18.1 Å². The number of H-pyrrole nitrogens is 1. The van der Waals surface area contributed by atoms with E-state index in [0.717, 1.165) is 24.1 Å². The minimum atomic E-state index is 0.549. The van der Waals surface area contributed by atoms with E-state index in [-0.39, 0.29) is 0 Å². The third-order valence-electron chi connectivity index (χ3n) is 2.98. The molecule has 0 aliphatic carbocycles. The van der Waals surface area contributed by atoms with Gasteiger partial charge in [0.2, 0.25) is 0 Å². The number of nitrogens with one attached hydrogen (secondary N) is 2. The summed E-state index contributed by atoms with van der Waals surface area (Å²) in [6.07, 6.45) is 2.66. The predicted octanol–water partition coefficient (Wildman–Crippen LogP) is 0.617. The van der Waals surface area contributed by atoms with Gasteiger partial charge in [-0.3, -0.25) is 0 Å². The van der Waals surface area contributed by atoms with Crippen molar-refractivity contribution in [2.24, 2.45) is 0 Å². The first kappa shape index (κ1) is 8.67. The van der Waals surface area contributed by atoms with Crippen LogP contribution in [-0.4, -0.2) is 28.0 Å². The molecule has 2 aromatic rings. The van der Waals surface area contributed by atoms with Gasteiger partial charge in [0, 0.05) is 18.2 Å². The smallest absolute Gasteiger partial charge is 0.143 e. The summed E-state index contributed by atoms with van der Waals surface area (Å²) in [7, 11) is 0. The Labute approximate surface area is 87.1 Å². The van der Waals surface area contributed by atoms with Gasteiger partial charge in [0.1, 0.15) is 17.8 Å². The van der Waals surface area contributed by atoms with Crippen molar-refractivity contribution in [2.75, 3.05) is 18.8 Å². The Morgan fingerprint density at radius 2 is 2.33 bits per heavy atom. The molecular formula is C10H13N5. The van der Waals surface area contributed by atoms with Gasteiger partial charge < -0.3 is 16.0 Å². The molecule has 2 aromatic heterocycles. The molecule has 1 aliphatic rings. The number of anilines is 1. The largest absolute Gasteiger partial charge is 0.383 e. The number of nitrogens with zero attached hydrogens (tertiary/aromatic N) is 2. The Balaban J connectivity index is 2.09. The zero-order valence-electron chi connectivity index (χ0n) is 8.33. The maximum Gasteiger partial charge on any atom is 0.143 e. The average molecular weight is 203 g/mol. The van der Waals surface area contributed by atoms with Gasteiger partial charge in [-0.25, -0.2) is 9.97 Å². The molecule has 1 unspecified atom stereocenters. The summed E-state index contributed by atoms with van der Waals surface area (Å²) in [5.41, 5.74) is 7.83. The lowest BCUT2D eigenvalue weighted by Crippen LogP contribution is -2.07. The van der Waals surface area contributed by atoms with Crippen molar-refractivity contribution < 1.29 is 0 Å². The van der Waals surface area contributed by atoms with Crippen LogP contribution in [0, 0.1) is 0 Å². The Morgan fingerprint density at radius 3 is 3.07 bits per heavy atom. The molecule has 0 bridgehead atoms. The summed E-state index contributed by atoms with van der Waals surface area (Å²) in [4.78, 5) is 11.5. The molecule has 3 heterocycles. The van der Waals surface area contributed by atoms with E-state index < -0.39 is 0 Å². The summed E-state index contributed by atoms with van der Waals surface area (Å²) in [5, 5.41) is 4.27. The van der Waals surface area contributed by atoms with Crippen LogP contribution in [-0.2, 0) is 0 Å². The van der Waals surface area contributed by atoms with E-state index in [1.165, 1.54) is 18.4 Å². The zero-order chi connectivity index (χ0) is 10.3. The normalized spacial score (nSPS) is 21.2. The van der Waals surface area contributed by atoms with Gasteiger partial charge in [-0.2, -0.15) is 0 Å². The number of aromatic amines is 1. The van der Waals surface area contributed by atoms with E-state index in [1.54, 1.807) is 0 Å². The molecule has 1 atom stereocenters. The fraction of sp³-hybridized carbons (Fsp3) is 0.400. The highest BCUT2D eigenvalue weighted by Gasteiger charge is 2.19. The molecule has 0 saturated carbocycles. The molecule has 1 saturated heterocycles. The Morgan fingerprint density at radius 1 is 1.40 bits per heavy atom. The molecule has 15 heavy (non-hydrogen) atoms. The van der Waals surface area contributed by atoms with Crippen molar-refractivity contribution in [1.29, 1.82) is 0 Å². The topological polar surface area (TPSA) is 79.6 Å². The SMILES string of the molecule is Nc1ncnc2[nH]c(C3CCNC3)cc12. The maximum absolute atomic E-state index is 5.78. The molecular weight excluding hydrogens is 190 g/mol. The van der Waals surface area contributed by atoms with Gasteiger partial charge in [0.15, 0.2) is 0 Å². The van der Waals surface area contributed by atoms with Crippen LogP contribution in [0.1, 0.15) is 18.0 Å². The van der Waals surface area contributed by atoms with Crippen LogP contribution in [0.5, 0.6) is 0 Å². The molecule has 5 nitrogen and oxygen atoms in total. The number of fused-ring (bicyclic) bond motifs is 1. The minimum absolute atomic E-state index is 0.549. The second-order valence-corrected chi connectivity index (χ2v) is 3.94. The summed E-state index contributed by atoms with van der Waals surface area (Å²) in [6.45, 7) is 2.11. The fourth-order valence-corrected chi connectivity index (χ4v) is 2.12. The van der Waals surface area contributed by atoms with E-state index in [4.69, 9.17) is 5.73 Å². The molecule has 78 valence electrons. The van der Waals surface area contributed by atoms with Crippen molar-refractivity contribution in [3.63, 3.8) is 0 Å². The predicted molar refractivity (Wildman–Crippen MR) is 58.5 cm³/mol. The standard InChI is InChI=1S/C10H13N5/c11-9-7-3-8(6-1-2-12-4-6)15-10(7)14-5-13-9/h3,5-6,12H,1-2,4H2,(H3,11,13,14,15). The lowest BCUT2D eigenvalue weighted by Gasteiger charge is -2.03. The van der Waals surface area contributed by atoms with Crippen LogP contribution in [0.15, 0.2) is 12.4 Å². The zero-order valence-corrected chi connectivity index (χ0v) is 8.33. The molecule has 3 rings (SSSR count). The Kier molecular flexibility index (Phi) is 1.85. The molecule has 0 amide bonds. The quantitative estimate of drug-likeness (QED) is 0.634. The van der Waals surface area contributed by atoms with Gasteiger partial charge >= 0.3 is 0 Å². The third kappa shape index (κ3) is 1.35. The number of nitrogens with two attached hydrogens (primary N) is 1. The molecule has 4 N–H and O–H groups in total. The van der Waals surface area contributed by atoms with Gasteiger partial charge in [0.25, 0.3) is 0 Å². The first-order chi connectivity index (χ1) is 7.34. The number of hydrogen-bond donors (Lipinski definition) is 3. The number of nitrogen functional groups attached to an aromatic ring is 1. The van der Waals surface area contributed by atoms with E-state index in [0.29, 0.717) is 11.7 Å². The summed E-state index contributed by atoms with van der Waals surface area (Å²) in [5.74, 6) is 1.10. The second kappa shape index (κ2) is 3.20. The van der Waals surface area contributed by atoms with Crippen molar-refractivity contribution in [1.82, 2.24) is 20.3 Å². The molecule has 5 heteroatoms. The van der Waals surface area contributed by atoms with E-state index >= 15 is 0 Å². The van der Waals surface area contributed by atoms with Crippen LogP contribution in [0.25, 0.3) is 11.0 Å². The van der Waals surface area contributed by atoms with Gasteiger partial charge in [0.05, 0.1) is 5.39 Å². The number of aromatic nitrogens is 3. The molecule has 0 radical (unpaired) electrons. The van der Waals surface area contributed by atoms with Crippen molar-refractivity contribution in [2.45, 2.75) is 12.3 Å². The Hall–Kier alpha value is -1.62. The highest BCUT2D eigenvalue weighted by Crippen LogP contribution is 2.26. The lowest BCUT2D eigenvalue weighted by molar-refractivity contribution is 0.743. The summed E-state index contributed by atoms with van der Waals surface area (Å²) >= 11 is 0. The van der Waals surface area contributed by atoms with Crippen molar-refractivity contribution >= 4 is 16.9 Å². The van der Waals surface area contributed by atoms with Crippen LogP contribution in [0.3, 0.4) is 0 Å². The summed E-state index contributed by atoms with van der Waals surface area (Å²) in [6, 6.07) is 2.07. The van der Waals surface area contributed by atoms with E-state index in [2.05, 4.69) is 26.3 Å². The number of rotatable bonds is 1. The summed E-state index contributed by atoms with van der Waals surface area (Å²) < 4.78 is 0. The molecule has 1 aliphatic heterocycles. The van der Waals surface area contributed by atoms with Crippen molar-refractivity contribution in [3.8, 4) is 0 Å². The first-order valence-electron chi connectivity index (χ1n) is 5.14. The van der Waals surface area contributed by atoms with Crippen LogP contribution >= 0.6 is 0 Å². The highest BCUT2D eigenvalue weighted by atomic mass is 15.0. The minimum Gasteiger partial charge on any atom is -0.383 e. The fourth-order valence-electron chi connectivity index (χ4n) is 2.12. The monoisotopic (exact) mass is 203 g/mol. The second-order valence-electron chi connectivity index (χ2n) is 3.94. The van der Waals surface area contributed by atoms with E-state index in [1.807, 2.05) is 0 Å². The third-order valence-corrected chi connectivity index (χ3v) is 2.98. The number of hydrogen-bond acceptors (Lipinski definition) is 4.